The summed E-state index contributed by atoms with van der Waals surface area (Å²) in [7, 11) is 3.55. The molecule has 2 N–H and O–H groups in total. The first kappa shape index (κ1) is 9.02. The largest absolute Gasteiger partial charge is 0.496 e. The van der Waals surface area contributed by atoms with Gasteiger partial charge in [-0.15, -0.1) is 0 Å². The van der Waals surface area contributed by atoms with E-state index >= 15 is 0 Å². The van der Waals surface area contributed by atoms with Crippen molar-refractivity contribution in [3.8, 4) is 5.75 Å². The van der Waals surface area contributed by atoms with E-state index in [4.69, 9.17) is 10.5 Å². The molecule has 0 aliphatic carbocycles. The quantitative estimate of drug-likeness (QED) is 0.771. The molecule has 0 fully saturated rings. The third-order valence-electron chi connectivity index (χ3n) is 2.22. The lowest BCUT2D eigenvalue weighted by Gasteiger charge is -2.03. The van der Waals surface area contributed by atoms with Crippen molar-refractivity contribution in [3.63, 3.8) is 0 Å². The van der Waals surface area contributed by atoms with Crippen molar-refractivity contribution in [1.82, 2.24) is 9.78 Å². The summed E-state index contributed by atoms with van der Waals surface area (Å²) >= 11 is 0. The molecule has 0 aliphatic rings. The maximum atomic E-state index is 5.58. The van der Waals surface area contributed by atoms with Gasteiger partial charge in [0, 0.05) is 19.8 Å². The van der Waals surface area contributed by atoms with E-state index in [0.717, 1.165) is 22.2 Å². The Hall–Kier alpha value is -1.55. The smallest absolute Gasteiger partial charge is 0.130 e. The van der Waals surface area contributed by atoms with Gasteiger partial charge in [-0.2, -0.15) is 5.10 Å². The number of nitrogens with zero attached hydrogens (tertiary/aromatic N) is 2. The number of nitrogens with two attached hydrogens (primary N) is 1. The normalized spacial score (nSPS) is 10.8. The number of aromatic nitrogens is 2. The Morgan fingerprint density at radius 3 is 2.93 bits per heavy atom. The van der Waals surface area contributed by atoms with Crippen LogP contribution in [0.2, 0.25) is 0 Å². The van der Waals surface area contributed by atoms with Gasteiger partial charge in [0.2, 0.25) is 0 Å². The van der Waals surface area contributed by atoms with E-state index in [1.165, 1.54) is 0 Å². The van der Waals surface area contributed by atoms with E-state index in [9.17, 15) is 0 Å². The standard InChI is InChI=1S/C10H13N3O/c1-13-6-8-9(12-13)3-7(5-11)4-10(8)14-2/h3-4,6H,5,11H2,1-2H3. The van der Waals surface area contributed by atoms with E-state index in [-0.39, 0.29) is 0 Å². The van der Waals surface area contributed by atoms with Crippen LogP contribution in [0.4, 0.5) is 0 Å². The second-order valence-corrected chi connectivity index (χ2v) is 3.24. The summed E-state index contributed by atoms with van der Waals surface area (Å²) in [6.45, 7) is 0.503. The summed E-state index contributed by atoms with van der Waals surface area (Å²) in [6, 6.07) is 3.93. The fourth-order valence-corrected chi connectivity index (χ4v) is 1.55. The Morgan fingerprint density at radius 2 is 2.29 bits per heavy atom. The molecular formula is C10H13N3O. The second kappa shape index (κ2) is 3.31. The fraction of sp³-hybridized carbons (Fsp3) is 0.300. The molecule has 74 valence electrons. The third-order valence-corrected chi connectivity index (χ3v) is 2.22. The summed E-state index contributed by atoms with van der Waals surface area (Å²) in [6.07, 6.45) is 1.94. The van der Waals surface area contributed by atoms with Crippen LogP contribution in [0, 0.1) is 0 Å². The zero-order valence-electron chi connectivity index (χ0n) is 8.32. The van der Waals surface area contributed by atoms with Gasteiger partial charge >= 0.3 is 0 Å². The summed E-state index contributed by atoms with van der Waals surface area (Å²) in [4.78, 5) is 0. The number of ether oxygens (including phenoxy) is 1. The first-order chi connectivity index (χ1) is 6.74. The maximum Gasteiger partial charge on any atom is 0.130 e. The monoisotopic (exact) mass is 191 g/mol. The minimum absolute atomic E-state index is 0.503. The van der Waals surface area contributed by atoms with Crippen molar-refractivity contribution in [2.45, 2.75) is 6.54 Å². The molecule has 14 heavy (non-hydrogen) atoms. The van der Waals surface area contributed by atoms with Crippen LogP contribution in [0.5, 0.6) is 5.75 Å². The van der Waals surface area contributed by atoms with Crippen molar-refractivity contribution in [2.75, 3.05) is 7.11 Å². The van der Waals surface area contributed by atoms with Gasteiger partial charge in [-0.05, 0) is 17.7 Å². The molecular weight excluding hydrogens is 178 g/mol. The van der Waals surface area contributed by atoms with Crippen molar-refractivity contribution >= 4 is 10.9 Å². The van der Waals surface area contributed by atoms with Gasteiger partial charge in [0.05, 0.1) is 18.0 Å². The van der Waals surface area contributed by atoms with Gasteiger partial charge in [-0.1, -0.05) is 0 Å². The van der Waals surface area contributed by atoms with E-state index in [1.807, 2.05) is 25.4 Å². The zero-order valence-corrected chi connectivity index (χ0v) is 8.32. The van der Waals surface area contributed by atoms with Gasteiger partial charge in [0.15, 0.2) is 0 Å². The molecule has 1 aromatic heterocycles. The first-order valence-electron chi connectivity index (χ1n) is 4.45. The maximum absolute atomic E-state index is 5.58. The zero-order chi connectivity index (χ0) is 10.1. The predicted octanol–water partition coefficient (Wildman–Crippen LogP) is 1.04. The van der Waals surface area contributed by atoms with Crippen molar-refractivity contribution in [3.05, 3.63) is 23.9 Å². The lowest BCUT2D eigenvalue weighted by molar-refractivity contribution is 0.419. The fourth-order valence-electron chi connectivity index (χ4n) is 1.55. The van der Waals surface area contributed by atoms with Gasteiger partial charge in [-0.25, -0.2) is 0 Å². The molecule has 0 radical (unpaired) electrons. The van der Waals surface area contributed by atoms with Crippen LogP contribution in [0.25, 0.3) is 10.9 Å². The molecule has 0 spiro atoms. The molecule has 2 aromatic rings. The van der Waals surface area contributed by atoms with Crippen molar-refractivity contribution < 1.29 is 4.74 Å². The van der Waals surface area contributed by atoms with Crippen LogP contribution in [0.1, 0.15) is 5.56 Å². The average Bonchev–Trinajstić information content (AvgIpc) is 2.56. The number of benzene rings is 1. The van der Waals surface area contributed by atoms with E-state index in [1.54, 1.807) is 11.8 Å². The summed E-state index contributed by atoms with van der Waals surface area (Å²) in [5, 5.41) is 5.33. The number of fused-ring (bicyclic) bond motifs is 1. The van der Waals surface area contributed by atoms with Crippen LogP contribution in [-0.2, 0) is 13.6 Å². The molecule has 0 amide bonds. The summed E-state index contributed by atoms with van der Waals surface area (Å²) in [5.74, 6) is 0.830. The molecule has 0 unspecified atom stereocenters. The lowest BCUT2D eigenvalue weighted by atomic mass is 10.1. The van der Waals surface area contributed by atoms with Gasteiger partial charge < -0.3 is 10.5 Å². The van der Waals surface area contributed by atoms with E-state index in [2.05, 4.69) is 5.10 Å². The Bertz CT molecular complexity index is 462. The minimum atomic E-state index is 0.503. The predicted molar refractivity (Wildman–Crippen MR) is 55.2 cm³/mol. The molecule has 4 heteroatoms. The first-order valence-corrected chi connectivity index (χ1v) is 4.45. The molecule has 0 saturated carbocycles. The van der Waals surface area contributed by atoms with Crippen LogP contribution in [0.15, 0.2) is 18.3 Å². The minimum Gasteiger partial charge on any atom is -0.496 e. The number of hydrogen-bond donors (Lipinski definition) is 1. The Balaban J connectivity index is 2.72. The van der Waals surface area contributed by atoms with Crippen molar-refractivity contribution in [1.29, 1.82) is 0 Å². The SMILES string of the molecule is COc1cc(CN)cc2nn(C)cc12. The Labute approximate surface area is 82.3 Å². The van der Waals surface area contributed by atoms with Crippen molar-refractivity contribution in [2.24, 2.45) is 12.8 Å². The molecule has 2 rings (SSSR count). The highest BCUT2D eigenvalue weighted by Crippen LogP contribution is 2.26. The molecule has 0 atom stereocenters. The molecule has 0 aliphatic heterocycles. The van der Waals surface area contributed by atoms with Gasteiger partial charge in [0.25, 0.3) is 0 Å². The number of aryl methyl sites for hydroxylation is 1. The number of rotatable bonds is 2. The topological polar surface area (TPSA) is 53.1 Å². The summed E-state index contributed by atoms with van der Waals surface area (Å²) in [5.41, 5.74) is 7.54. The molecule has 1 heterocycles. The van der Waals surface area contributed by atoms with Gasteiger partial charge in [0.1, 0.15) is 5.75 Å². The van der Waals surface area contributed by atoms with E-state index in [0.29, 0.717) is 6.54 Å². The number of methoxy groups -OCH3 is 1. The van der Waals surface area contributed by atoms with Crippen LogP contribution in [-0.4, -0.2) is 16.9 Å². The molecule has 0 bridgehead atoms. The highest BCUT2D eigenvalue weighted by molar-refractivity contribution is 5.85. The summed E-state index contributed by atoms with van der Waals surface area (Å²) < 4.78 is 7.05. The Morgan fingerprint density at radius 1 is 1.50 bits per heavy atom. The van der Waals surface area contributed by atoms with Gasteiger partial charge in [-0.3, -0.25) is 4.68 Å². The van der Waals surface area contributed by atoms with E-state index < -0.39 is 0 Å². The molecule has 0 saturated heterocycles. The molecule has 1 aromatic carbocycles. The number of hydrogen-bond acceptors (Lipinski definition) is 3. The Kier molecular flexibility index (Phi) is 2.13. The highest BCUT2D eigenvalue weighted by atomic mass is 16.5. The van der Waals surface area contributed by atoms with Crippen LogP contribution in [0.3, 0.4) is 0 Å². The van der Waals surface area contributed by atoms with Crippen LogP contribution >= 0.6 is 0 Å². The lowest BCUT2D eigenvalue weighted by Crippen LogP contribution is -1.97. The molecule has 4 nitrogen and oxygen atoms in total. The average molecular weight is 191 g/mol. The van der Waals surface area contributed by atoms with Crippen LogP contribution < -0.4 is 10.5 Å². The highest BCUT2D eigenvalue weighted by Gasteiger charge is 2.06. The second-order valence-electron chi connectivity index (χ2n) is 3.24. The third kappa shape index (κ3) is 1.33.